The molecule has 0 bridgehead atoms. The largest absolute Gasteiger partial charge is 0.493 e. The Hall–Kier alpha value is -3.66. The van der Waals surface area contributed by atoms with Gasteiger partial charge in [-0.05, 0) is 17.7 Å². The van der Waals surface area contributed by atoms with Gasteiger partial charge in [0.15, 0.2) is 11.5 Å². The van der Waals surface area contributed by atoms with E-state index < -0.39 is 16.5 Å². The smallest absolute Gasteiger partial charge is 0.286 e. The minimum atomic E-state index is -0.663. The van der Waals surface area contributed by atoms with Gasteiger partial charge in [0, 0.05) is 32.3 Å². The number of amides is 2. The lowest BCUT2D eigenvalue weighted by atomic mass is 10.1. The molecule has 0 aliphatic carbocycles. The summed E-state index contributed by atoms with van der Waals surface area (Å²) in [5.41, 5.74) is 0.520. The molecule has 2 aromatic carbocycles. The second kappa shape index (κ2) is 10.8. The maximum absolute atomic E-state index is 12.6. The number of nitro benzene ring substituents is 1. The Morgan fingerprint density at radius 3 is 2.47 bits per heavy atom. The summed E-state index contributed by atoms with van der Waals surface area (Å²) in [4.78, 5) is 35.2. The first kappa shape index (κ1) is 22.6. The van der Waals surface area contributed by atoms with Gasteiger partial charge in [-0.3, -0.25) is 19.7 Å². The monoisotopic (exact) mass is 417 g/mol. The van der Waals surface area contributed by atoms with E-state index in [0.29, 0.717) is 11.1 Å². The molecular weight excluding hydrogens is 394 g/mol. The van der Waals surface area contributed by atoms with Crippen LogP contribution < -0.4 is 20.1 Å². The van der Waals surface area contributed by atoms with E-state index in [1.165, 1.54) is 27.3 Å². The standard InChI is InChI=1S/C20H23N3O7/c1-21-19(24)14-6-4-5-13(9-14)12-22-20(25)15-10-17(29-3)18(30-8-7-28-2)11-16(15)23(26)27/h4-6,9-11H,7-8,12H2,1-3H3,(H,21,24)(H,22,25). The molecule has 0 radical (unpaired) electrons. The van der Waals surface area contributed by atoms with Gasteiger partial charge in [0.05, 0.1) is 24.7 Å². The number of nitro groups is 1. The Morgan fingerprint density at radius 2 is 1.83 bits per heavy atom. The molecule has 0 saturated carbocycles. The van der Waals surface area contributed by atoms with Gasteiger partial charge in [0.1, 0.15) is 12.2 Å². The van der Waals surface area contributed by atoms with Gasteiger partial charge in [0.2, 0.25) is 0 Å². The molecule has 0 spiro atoms. The average molecular weight is 417 g/mol. The third-order valence-corrected chi connectivity index (χ3v) is 4.14. The lowest BCUT2D eigenvalue weighted by Crippen LogP contribution is -2.24. The van der Waals surface area contributed by atoms with Gasteiger partial charge in [0.25, 0.3) is 17.5 Å². The highest BCUT2D eigenvalue weighted by atomic mass is 16.6. The SMILES string of the molecule is CNC(=O)c1cccc(CNC(=O)c2cc(OC)c(OCCOC)cc2[N+](=O)[O-])c1. The van der Waals surface area contributed by atoms with Crippen molar-refractivity contribution in [3.63, 3.8) is 0 Å². The highest BCUT2D eigenvalue weighted by molar-refractivity contribution is 5.99. The van der Waals surface area contributed by atoms with Gasteiger partial charge < -0.3 is 24.8 Å². The van der Waals surface area contributed by atoms with Crippen LogP contribution in [0.5, 0.6) is 11.5 Å². The highest BCUT2D eigenvalue weighted by Gasteiger charge is 2.24. The quantitative estimate of drug-likeness (QED) is 0.343. The van der Waals surface area contributed by atoms with Crippen molar-refractivity contribution in [2.45, 2.75) is 6.54 Å². The van der Waals surface area contributed by atoms with Gasteiger partial charge in [-0.2, -0.15) is 0 Å². The van der Waals surface area contributed by atoms with E-state index in [2.05, 4.69) is 10.6 Å². The predicted octanol–water partition coefficient (Wildman–Crippen LogP) is 1.92. The van der Waals surface area contributed by atoms with Crippen molar-refractivity contribution in [1.29, 1.82) is 0 Å². The van der Waals surface area contributed by atoms with Gasteiger partial charge in [-0.15, -0.1) is 0 Å². The van der Waals surface area contributed by atoms with Crippen molar-refractivity contribution in [1.82, 2.24) is 10.6 Å². The molecule has 30 heavy (non-hydrogen) atoms. The molecule has 2 N–H and O–H groups in total. The third kappa shape index (κ3) is 5.67. The van der Waals surface area contributed by atoms with Crippen molar-refractivity contribution >= 4 is 17.5 Å². The Balaban J connectivity index is 2.23. The number of nitrogens with zero attached hydrogens (tertiary/aromatic N) is 1. The molecular formula is C20H23N3O7. The topological polar surface area (TPSA) is 129 Å². The van der Waals surface area contributed by atoms with Crippen LogP contribution in [0.25, 0.3) is 0 Å². The molecule has 2 aromatic rings. The molecule has 10 nitrogen and oxygen atoms in total. The number of hydrogen-bond donors (Lipinski definition) is 2. The van der Waals surface area contributed by atoms with Crippen molar-refractivity contribution in [3.8, 4) is 11.5 Å². The summed E-state index contributed by atoms with van der Waals surface area (Å²) >= 11 is 0. The number of hydrogen-bond acceptors (Lipinski definition) is 7. The van der Waals surface area contributed by atoms with Crippen molar-refractivity contribution in [3.05, 3.63) is 63.2 Å². The van der Waals surface area contributed by atoms with E-state index in [4.69, 9.17) is 14.2 Å². The summed E-state index contributed by atoms with van der Waals surface area (Å²) in [6.07, 6.45) is 0. The third-order valence-electron chi connectivity index (χ3n) is 4.14. The average Bonchev–Trinajstić information content (AvgIpc) is 2.76. The zero-order chi connectivity index (χ0) is 22.1. The number of carbonyl (C=O) groups is 2. The maximum Gasteiger partial charge on any atom is 0.286 e. The molecule has 0 unspecified atom stereocenters. The van der Waals surface area contributed by atoms with Crippen LogP contribution in [0.4, 0.5) is 5.69 Å². The summed E-state index contributed by atoms with van der Waals surface area (Å²) in [5, 5.41) is 16.6. The summed E-state index contributed by atoms with van der Waals surface area (Å²) in [6.45, 7) is 0.529. The van der Waals surface area contributed by atoms with Crippen LogP contribution in [0.2, 0.25) is 0 Å². The van der Waals surface area contributed by atoms with E-state index >= 15 is 0 Å². The summed E-state index contributed by atoms with van der Waals surface area (Å²) in [5.74, 6) is -0.596. The second-order valence-corrected chi connectivity index (χ2v) is 6.08. The fraction of sp³-hybridized carbons (Fsp3) is 0.300. The normalized spacial score (nSPS) is 10.2. The van der Waals surface area contributed by atoms with Crippen LogP contribution in [-0.4, -0.2) is 51.2 Å². The van der Waals surface area contributed by atoms with E-state index in [0.717, 1.165) is 6.07 Å². The Labute approximate surface area is 173 Å². The predicted molar refractivity (Wildman–Crippen MR) is 108 cm³/mol. The van der Waals surface area contributed by atoms with E-state index in [1.54, 1.807) is 24.3 Å². The van der Waals surface area contributed by atoms with Crippen LogP contribution in [0.15, 0.2) is 36.4 Å². The van der Waals surface area contributed by atoms with E-state index in [1.807, 2.05) is 0 Å². The second-order valence-electron chi connectivity index (χ2n) is 6.08. The van der Waals surface area contributed by atoms with Crippen LogP contribution in [0.3, 0.4) is 0 Å². The van der Waals surface area contributed by atoms with Crippen LogP contribution >= 0.6 is 0 Å². The number of carbonyl (C=O) groups excluding carboxylic acids is 2. The molecule has 0 aliphatic rings. The van der Waals surface area contributed by atoms with Crippen molar-refractivity contribution < 1.29 is 28.7 Å². The van der Waals surface area contributed by atoms with E-state index in [-0.39, 0.29) is 42.7 Å². The number of rotatable bonds is 10. The van der Waals surface area contributed by atoms with Gasteiger partial charge >= 0.3 is 0 Å². The molecule has 0 fully saturated rings. The first-order valence-corrected chi connectivity index (χ1v) is 8.98. The molecule has 0 saturated heterocycles. The zero-order valence-corrected chi connectivity index (χ0v) is 16.9. The van der Waals surface area contributed by atoms with E-state index in [9.17, 15) is 19.7 Å². The van der Waals surface area contributed by atoms with Crippen molar-refractivity contribution in [2.24, 2.45) is 0 Å². The lowest BCUT2D eigenvalue weighted by Gasteiger charge is -2.13. The van der Waals surface area contributed by atoms with Gasteiger partial charge in [-0.1, -0.05) is 12.1 Å². The molecule has 2 amide bonds. The van der Waals surface area contributed by atoms with Crippen molar-refractivity contribution in [2.75, 3.05) is 34.5 Å². The Morgan fingerprint density at radius 1 is 1.07 bits per heavy atom. The summed E-state index contributed by atoms with van der Waals surface area (Å²) < 4.78 is 15.5. The molecule has 0 aromatic heterocycles. The molecule has 0 heterocycles. The first-order chi connectivity index (χ1) is 14.4. The highest BCUT2D eigenvalue weighted by Crippen LogP contribution is 2.34. The number of benzene rings is 2. The Kier molecular flexibility index (Phi) is 8.12. The maximum atomic E-state index is 12.6. The zero-order valence-electron chi connectivity index (χ0n) is 16.9. The first-order valence-electron chi connectivity index (χ1n) is 8.98. The molecule has 0 aliphatic heterocycles. The summed E-state index contributed by atoms with van der Waals surface area (Å²) in [7, 11) is 4.39. The fourth-order valence-electron chi connectivity index (χ4n) is 2.63. The molecule has 160 valence electrons. The lowest BCUT2D eigenvalue weighted by molar-refractivity contribution is -0.385. The van der Waals surface area contributed by atoms with Crippen LogP contribution in [0, 0.1) is 10.1 Å². The van der Waals surface area contributed by atoms with Crippen LogP contribution in [-0.2, 0) is 11.3 Å². The van der Waals surface area contributed by atoms with Crippen LogP contribution in [0.1, 0.15) is 26.3 Å². The summed E-state index contributed by atoms with van der Waals surface area (Å²) in [6, 6.07) is 9.09. The molecule has 0 atom stereocenters. The fourth-order valence-corrected chi connectivity index (χ4v) is 2.63. The molecule has 2 rings (SSSR count). The number of methoxy groups -OCH3 is 2. The van der Waals surface area contributed by atoms with Gasteiger partial charge in [-0.25, -0.2) is 0 Å². The minimum absolute atomic E-state index is 0.0786. The molecule has 10 heteroatoms. The number of ether oxygens (including phenoxy) is 3. The minimum Gasteiger partial charge on any atom is -0.493 e. The number of nitrogens with one attached hydrogen (secondary N) is 2. The Bertz CT molecular complexity index is 931.